The Hall–Kier alpha value is -2.76. The summed E-state index contributed by atoms with van der Waals surface area (Å²) in [7, 11) is 0. The van der Waals surface area contributed by atoms with Gasteiger partial charge in [0.05, 0.1) is 18.0 Å². The molecule has 3 rings (SSSR count). The van der Waals surface area contributed by atoms with Crippen LogP contribution in [0, 0.1) is 0 Å². The standard InChI is InChI=1S/C14H11N3O3/c18-13(10-5-6-15-16-8-10)17-11-4-2-1-3-9(11)7-12(17)14(19)20/h1-6,8,12H,7H2,(H,19,20). The molecule has 2 aromatic rings. The van der Waals surface area contributed by atoms with Crippen LogP contribution in [0.1, 0.15) is 15.9 Å². The maximum Gasteiger partial charge on any atom is 0.327 e. The number of aliphatic carboxylic acids is 1. The first-order valence-corrected chi connectivity index (χ1v) is 6.09. The SMILES string of the molecule is O=C(O)C1Cc2ccccc2N1C(=O)c1ccnnc1. The largest absolute Gasteiger partial charge is 0.480 e. The molecular weight excluding hydrogens is 258 g/mol. The van der Waals surface area contributed by atoms with Crippen LogP contribution in [0.4, 0.5) is 5.69 Å². The van der Waals surface area contributed by atoms with Crippen molar-refractivity contribution in [2.24, 2.45) is 0 Å². The Morgan fingerprint density at radius 3 is 2.70 bits per heavy atom. The van der Waals surface area contributed by atoms with Gasteiger partial charge in [-0.05, 0) is 17.7 Å². The van der Waals surface area contributed by atoms with E-state index in [1.54, 1.807) is 12.1 Å². The van der Waals surface area contributed by atoms with Crippen LogP contribution < -0.4 is 4.90 Å². The summed E-state index contributed by atoms with van der Waals surface area (Å²) < 4.78 is 0. The Morgan fingerprint density at radius 2 is 2.00 bits per heavy atom. The summed E-state index contributed by atoms with van der Waals surface area (Å²) >= 11 is 0. The van der Waals surface area contributed by atoms with Crippen LogP contribution in [-0.2, 0) is 11.2 Å². The molecule has 2 heterocycles. The van der Waals surface area contributed by atoms with Crippen molar-refractivity contribution in [2.45, 2.75) is 12.5 Å². The first kappa shape index (κ1) is 12.3. The van der Waals surface area contributed by atoms with Gasteiger partial charge in [0, 0.05) is 12.1 Å². The van der Waals surface area contributed by atoms with E-state index in [2.05, 4.69) is 10.2 Å². The van der Waals surface area contributed by atoms with E-state index in [-0.39, 0.29) is 5.91 Å². The van der Waals surface area contributed by atoms with Crippen molar-refractivity contribution in [3.8, 4) is 0 Å². The van der Waals surface area contributed by atoms with Crippen molar-refractivity contribution in [1.82, 2.24) is 10.2 Å². The number of benzene rings is 1. The zero-order chi connectivity index (χ0) is 14.1. The first-order chi connectivity index (χ1) is 9.68. The topological polar surface area (TPSA) is 83.4 Å². The predicted molar refractivity (Wildman–Crippen MR) is 70.4 cm³/mol. The van der Waals surface area contributed by atoms with Crippen LogP contribution in [0.2, 0.25) is 0 Å². The molecular formula is C14H11N3O3. The molecule has 6 nitrogen and oxygen atoms in total. The average molecular weight is 269 g/mol. The molecule has 0 radical (unpaired) electrons. The third-order valence-electron chi connectivity index (χ3n) is 3.31. The van der Waals surface area contributed by atoms with Gasteiger partial charge in [-0.25, -0.2) is 4.79 Å². The van der Waals surface area contributed by atoms with E-state index in [1.807, 2.05) is 12.1 Å². The molecule has 1 aliphatic rings. The van der Waals surface area contributed by atoms with Crippen molar-refractivity contribution in [2.75, 3.05) is 4.90 Å². The van der Waals surface area contributed by atoms with Crippen LogP contribution >= 0.6 is 0 Å². The number of hydrogen-bond acceptors (Lipinski definition) is 4. The maximum atomic E-state index is 12.5. The third kappa shape index (κ3) is 1.91. The van der Waals surface area contributed by atoms with Gasteiger partial charge in [0.2, 0.25) is 0 Å². The molecule has 6 heteroatoms. The van der Waals surface area contributed by atoms with E-state index in [9.17, 15) is 14.7 Å². The lowest BCUT2D eigenvalue weighted by atomic mass is 10.1. The molecule has 1 aromatic heterocycles. The van der Waals surface area contributed by atoms with E-state index in [1.165, 1.54) is 23.4 Å². The summed E-state index contributed by atoms with van der Waals surface area (Å²) in [6.45, 7) is 0. The number of fused-ring (bicyclic) bond motifs is 1. The molecule has 0 aliphatic carbocycles. The smallest absolute Gasteiger partial charge is 0.327 e. The summed E-state index contributed by atoms with van der Waals surface area (Å²) in [6, 6.07) is 7.85. The van der Waals surface area contributed by atoms with Crippen molar-refractivity contribution < 1.29 is 14.7 Å². The van der Waals surface area contributed by atoms with E-state index >= 15 is 0 Å². The molecule has 1 unspecified atom stereocenters. The number of carbonyl (C=O) groups is 2. The number of carbonyl (C=O) groups excluding carboxylic acids is 1. The molecule has 0 spiro atoms. The minimum atomic E-state index is -1.02. The number of aromatic nitrogens is 2. The fraction of sp³-hybridized carbons (Fsp3) is 0.143. The van der Waals surface area contributed by atoms with Gasteiger partial charge in [-0.2, -0.15) is 10.2 Å². The summed E-state index contributed by atoms with van der Waals surface area (Å²) in [5.41, 5.74) is 1.82. The maximum absolute atomic E-state index is 12.5. The fourth-order valence-corrected chi connectivity index (χ4v) is 2.39. The highest BCUT2D eigenvalue weighted by molar-refractivity contribution is 6.10. The number of amides is 1. The lowest BCUT2D eigenvalue weighted by Gasteiger charge is -2.22. The molecule has 1 aliphatic heterocycles. The zero-order valence-electron chi connectivity index (χ0n) is 10.4. The fourth-order valence-electron chi connectivity index (χ4n) is 2.39. The Balaban J connectivity index is 2.05. The Bertz CT molecular complexity index is 672. The van der Waals surface area contributed by atoms with E-state index in [4.69, 9.17) is 0 Å². The highest BCUT2D eigenvalue weighted by Gasteiger charge is 2.38. The van der Waals surface area contributed by atoms with Gasteiger partial charge in [-0.1, -0.05) is 18.2 Å². The number of anilines is 1. The number of hydrogen-bond donors (Lipinski definition) is 1. The molecule has 0 fully saturated rings. The summed E-state index contributed by atoms with van der Waals surface area (Å²) in [6.07, 6.45) is 3.06. The Kier molecular flexibility index (Phi) is 2.90. The van der Waals surface area contributed by atoms with Gasteiger partial charge >= 0.3 is 5.97 Å². The minimum absolute atomic E-state index is 0.315. The van der Waals surface area contributed by atoms with E-state index in [0.29, 0.717) is 17.7 Å². The van der Waals surface area contributed by atoms with Crippen LogP contribution in [0.3, 0.4) is 0 Å². The van der Waals surface area contributed by atoms with Gasteiger partial charge in [-0.15, -0.1) is 0 Å². The number of rotatable bonds is 2. The Labute approximate surface area is 114 Å². The average Bonchev–Trinajstić information content (AvgIpc) is 2.87. The van der Waals surface area contributed by atoms with Gasteiger partial charge in [0.1, 0.15) is 6.04 Å². The number of carboxylic acids is 1. The summed E-state index contributed by atoms with van der Waals surface area (Å²) in [5.74, 6) is -1.39. The molecule has 1 amide bonds. The molecule has 1 N–H and O–H groups in total. The van der Waals surface area contributed by atoms with Crippen LogP contribution in [0.5, 0.6) is 0 Å². The third-order valence-corrected chi connectivity index (χ3v) is 3.31. The molecule has 100 valence electrons. The second kappa shape index (κ2) is 4.73. The Morgan fingerprint density at radius 1 is 1.20 bits per heavy atom. The zero-order valence-corrected chi connectivity index (χ0v) is 10.4. The monoisotopic (exact) mass is 269 g/mol. The predicted octanol–water partition coefficient (Wildman–Crippen LogP) is 1.13. The van der Waals surface area contributed by atoms with Gasteiger partial charge < -0.3 is 5.11 Å². The summed E-state index contributed by atoms with van der Waals surface area (Å²) in [5, 5.41) is 16.6. The second-order valence-electron chi connectivity index (χ2n) is 4.49. The summed E-state index contributed by atoms with van der Waals surface area (Å²) in [4.78, 5) is 25.2. The lowest BCUT2D eigenvalue weighted by Crippen LogP contribution is -2.42. The number of para-hydroxylation sites is 1. The second-order valence-corrected chi connectivity index (χ2v) is 4.49. The van der Waals surface area contributed by atoms with Crippen LogP contribution in [0.15, 0.2) is 42.7 Å². The molecule has 0 bridgehead atoms. The van der Waals surface area contributed by atoms with Crippen molar-refractivity contribution in [1.29, 1.82) is 0 Å². The molecule has 0 saturated heterocycles. The number of carboxylic acid groups (broad SMARTS) is 1. The van der Waals surface area contributed by atoms with Gasteiger partial charge in [0.15, 0.2) is 0 Å². The van der Waals surface area contributed by atoms with Crippen molar-refractivity contribution in [3.63, 3.8) is 0 Å². The van der Waals surface area contributed by atoms with Crippen molar-refractivity contribution in [3.05, 3.63) is 53.9 Å². The highest BCUT2D eigenvalue weighted by atomic mass is 16.4. The molecule has 20 heavy (non-hydrogen) atoms. The molecule has 1 atom stereocenters. The van der Waals surface area contributed by atoms with Gasteiger partial charge in [-0.3, -0.25) is 9.69 Å². The molecule has 0 saturated carbocycles. The highest BCUT2D eigenvalue weighted by Crippen LogP contribution is 2.33. The van der Waals surface area contributed by atoms with Gasteiger partial charge in [0.25, 0.3) is 5.91 Å². The van der Waals surface area contributed by atoms with E-state index in [0.717, 1.165) is 5.56 Å². The minimum Gasteiger partial charge on any atom is -0.480 e. The first-order valence-electron chi connectivity index (χ1n) is 6.09. The van der Waals surface area contributed by atoms with Crippen molar-refractivity contribution >= 4 is 17.6 Å². The van der Waals surface area contributed by atoms with E-state index < -0.39 is 12.0 Å². The number of nitrogens with zero attached hydrogens (tertiary/aromatic N) is 3. The normalized spacial score (nSPS) is 16.8. The quantitative estimate of drug-likeness (QED) is 0.883. The lowest BCUT2D eigenvalue weighted by molar-refractivity contribution is -0.138. The van der Waals surface area contributed by atoms with Crippen LogP contribution in [0.25, 0.3) is 0 Å². The molecule has 1 aromatic carbocycles. The van der Waals surface area contributed by atoms with Crippen LogP contribution in [-0.4, -0.2) is 33.2 Å².